The van der Waals surface area contributed by atoms with Gasteiger partial charge in [0.05, 0.1) is 18.4 Å². The van der Waals surface area contributed by atoms with Crippen LogP contribution in [-0.4, -0.2) is 31.5 Å². The molecule has 0 aliphatic heterocycles. The Bertz CT molecular complexity index is 933. The van der Waals surface area contributed by atoms with Crippen LogP contribution in [0.1, 0.15) is 36.2 Å². The molecule has 0 fully saturated rings. The van der Waals surface area contributed by atoms with Crippen LogP contribution in [0.5, 0.6) is 5.75 Å². The summed E-state index contributed by atoms with van der Waals surface area (Å²) in [5.74, 6) is -1.03. The summed E-state index contributed by atoms with van der Waals surface area (Å²) in [6.07, 6.45) is 1.56. The van der Waals surface area contributed by atoms with Crippen molar-refractivity contribution in [2.24, 2.45) is 0 Å². The van der Waals surface area contributed by atoms with Crippen molar-refractivity contribution in [3.05, 3.63) is 64.4 Å². The largest absolute Gasteiger partial charge is 0.382 e. The molecule has 0 radical (unpaired) electrons. The summed E-state index contributed by atoms with van der Waals surface area (Å²) in [6, 6.07) is 9.98. The van der Waals surface area contributed by atoms with E-state index in [4.69, 9.17) is 15.8 Å². The Kier molecular flexibility index (Phi) is 6.84. The van der Waals surface area contributed by atoms with Gasteiger partial charge < -0.3 is 9.08 Å². The number of benzene rings is 2. The van der Waals surface area contributed by atoms with Crippen LogP contribution in [0.2, 0.25) is 5.02 Å². The summed E-state index contributed by atoms with van der Waals surface area (Å²) >= 11 is 6.04. The van der Waals surface area contributed by atoms with E-state index in [0.717, 1.165) is 6.26 Å². The predicted octanol–water partition coefficient (Wildman–Crippen LogP) is 4.26. The second kappa shape index (κ2) is 8.71. The Morgan fingerprint density at radius 1 is 1.26 bits per heavy atom. The Labute approximate surface area is 163 Å². The molecule has 0 spiro atoms. The molecular formula is C19H21ClFNO4S. The van der Waals surface area contributed by atoms with Crippen molar-refractivity contribution in [2.45, 2.75) is 32.9 Å². The monoisotopic (exact) mass is 413 g/mol. The van der Waals surface area contributed by atoms with Gasteiger partial charge in [-0.05, 0) is 43.7 Å². The molecule has 8 heteroatoms. The smallest absolute Gasteiger partial charge is 0.306 e. The van der Waals surface area contributed by atoms with Crippen molar-refractivity contribution in [1.29, 1.82) is 0 Å². The number of halogens is 2. The van der Waals surface area contributed by atoms with Gasteiger partial charge in [0.2, 0.25) is 0 Å². The third kappa shape index (κ3) is 5.68. The number of carbonyl (C=O) groups is 1. The summed E-state index contributed by atoms with van der Waals surface area (Å²) in [7, 11) is -3.76. The molecule has 1 amide bonds. The molecule has 2 rings (SSSR count). The first kappa shape index (κ1) is 21.2. The zero-order chi connectivity index (χ0) is 20.2. The number of nitrogens with zero attached hydrogens (tertiary/aromatic N) is 1. The lowest BCUT2D eigenvalue weighted by molar-refractivity contribution is 0.0666. The van der Waals surface area contributed by atoms with E-state index in [0.29, 0.717) is 17.0 Å². The van der Waals surface area contributed by atoms with Gasteiger partial charge in [-0.2, -0.15) is 8.42 Å². The predicted molar refractivity (Wildman–Crippen MR) is 103 cm³/mol. The van der Waals surface area contributed by atoms with Crippen molar-refractivity contribution in [3.8, 4) is 5.75 Å². The summed E-state index contributed by atoms with van der Waals surface area (Å²) in [5, 5.41) is 0.369. The van der Waals surface area contributed by atoms with E-state index in [9.17, 15) is 17.6 Å². The molecule has 2 aromatic carbocycles. The van der Waals surface area contributed by atoms with Gasteiger partial charge in [0.1, 0.15) is 11.6 Å². The van der Waals surface area contributed by atoms with Crippen LogP contribution in [0.3, 0.4) is 0 Å². The van der Waals surface area contributed by atoms with Crippen molar-refractivity contribution in [3.63, 3.8) is 0 Å². The highest BCUT2D eigenvalue weighted by molar-refractivity contribution is 7.86. The topological polar surface area (TPSA) is 63.7 Å². The molecule has 2 aromatic rings. The molecule has 0 heterocycles. The van der Waals surface area contributed by atoms with E-state index in [-0.39, 0.29) is 23.9 Å². The summed E-state index contributed by atoms with van der Waals surface area (Å²) in [6.45, 7) is 3.76. The standard InChI is InChI=1S/C19H21ClFNO4S/c1-4-13(2)22(19(23)16-7-5-6-8-17(16)21)12-14-11-15(20)9-10-18(14)26-27(3,24)25/h5-11,13H,4,12H2,1-3H3. The van der Waals surface area contributed by atoms with Crippen molar-refractivity contribution in [2.75, 3.05) is 6.26 Å². The van der Waals surface area contributed by atoms with Crippen molar-refractivity contribution >= 4 is 27.6 Å². The van der Waals surface area contributed by atoms with Crippen LogP contribution in [0.25, 0.3) is 0 Å². The first-order chi connectivity index (χ1) is 12.6. The third-order valence-electron chi connectivity index (χ3n) is 4.09. The molecule has 1 atom stereocenters. The van der Waals surface area contributed by atoms with Crippen LogP contribution >= 0.6 is 11.6 Å². The zero-order valence-electron chi connectivity index (χ0n) is 15.3. The minimum atomic E-state index is -3.76. The Morgan fingerprint density at radius 3 is 2.52 bits per heavy atom. The summed E-state index contributed by atoms with van der Waals surface area (Å²) < 4.78 is 42.2. The maximum absolute atomic E-state index is 14.1. The Morgan fingerprint density at radius 2 is 1.93 bits per heavy atom. The van der Waals surface area contributed by atoms with E-state index in [1.54, 1.807) is 6.07 Å². The normalized spacial score (nSPS) is 12.5. The molecule has 5 nitrogen and oxygen atoms in total. The molecule has 27 heavy (non-hydrogen) atoms. The van der Waals surface area contributed by atoms with Gasteiger partial charge in [-0.15, -0.1) is 0 Å². The van der Waals surface area contributed by atoms with Crippen molar-refractivity contribution in [1.82, 2.24) is 4.90 Å². The Hall–Kier alpha value is -2.12. The number of carbonyl (C=O) groups excluding carboxylic acids is 1. The van der Waals surface area contributed by atoms with Gasteiger partial charge in [-0.25, -0.2) is 4.39 Å². The minimum Gasteiger partial charge on any atom is -0.382 e. The summed E-state index contributed by atoms with van der Waals surface area (Å²) in [4.78, 5) is 14.4. The van der Waals surface area contributed by atoms with Crippen LogP contribution in [0.4, 0.5) is 4.39 Å². The van der Waals surface area contributed by atoms with Gasteiger partial charge in [-0.1, -0.05) is 30.7 Å². The maximum atomic E-state index is 14.1. The fraction of sp³-hybridized carbons (Fsp3) is 0.316. The van der Waals surface area contributed by atoms with Gasteiger partial charge >= 0.3 is 10.1 Å². The highest BCUT2D eigenvalue weighted by Gasteiger charge is 2.25. The van der Waals surface area contributed by atoms with Gasteiger partial charge in [0.15, 0.2) is 0 Å². The molecular weight excluding hydrogens is 393 g/mol. The fourth-order valence-corrected chi connectivity index (χ4v) is 3.22. The molecule has 0 aromatic heterocycles. The van der Waals surface area contributed by atoms with Crippen molar-refractivity contribution < 1.29 is 21.8 Å². The van der Waals surface area contributed by atoms with E-state index in [1.807, 2.05) is 13.8 Å². The average molecular weight is 414 g/mol. The number of hydrogen-bond acceptors (Lipinski definition) is 4. The van der Waals surface area contributed by atoms with E-state index in [1.165, 1.54) is 41.3 Å². The zero-order valence-corrected chi connectivity index (χ0v) is 16.8. The van der Waals surface area contributed by atoms with Crippen LogP contribution in [-0.2, 0) is 16.7 Å². The van der Waals surface area contributed by atoms with Gasteiger partial charge in [0, 0.05) is 16.6 Å². The molecule has 0 N–H and O–H groups in total. The second-order valence-corrected chi connectivity index (χ2v) is 8.22. The average Bonchev–Trinajstić information content (AvgIpc) is 2.60. The molecule has 0 aliphatic rings. The summed E-state index contributed by atoms with van der Waals surface area (Å²) in [5.41, 5.74) is 0.364. The molecule has 0 saturated heterocycles. The van der Waals surface area contributed by atoms with Gasteiger partial charge in [-0.3, -0.25) is 4.79 Å². The lowest BCUT2D eigenvalue weighted by Crippen LogP contribution is -2.38. The highest BCUT2D eigenvalue weighted by Crippen LogP contribution is 2.27. The fourth-order valence-electron chi connectivity index (χ4n) is 2.54. The van der Waals surface area contributed by atoms with Crippen LogP contribution < -0.4 is 4.18 Å². The third-order valence-corrected chi connectivity index (χ3v) is 4.81. The molecule has 1 unspecified atom stereocenters. The second-order valence-electron chi connectivity index (χ2n) is 6.21. The van der Waals surface area contributed by atoms with E-state index >= 15 is 0 Å². The first-order valence-corrected chi connectivity index (χ1v) is 10.5. The first-order valence-electron chi connectivity index (χ1n) is 8.35. The molecule has 0 aliphatic carbocycles. The van der Waals surface area contributed by atoms with Crippen LogP contribution in [0.15, 0.2) is 42.5 Å². The van der Waals surface area contributed by atoms with Crippen LogP contribution in [0, 0.1) is 5.82 Å². The minimum absolute atomic E-state index is 0.0214. The molecule has 146 valence electrons. The van der Waals surface area contributed by atoms with Gasteiger partial charge in [0.25, 0.3) is 5.91 Å². The van der Waals surface area contributed by atoms with E-state index < -0.39 is 21.8 Å². The Balaban J connectivity index is 2.44. The SMILES string of the molecule is CCC(C)N(Cc1cc(Cl)ccc1OS(C)(=O)=O)C(=O)c1ccccc1F. The van der Waals surface area contributed by atoms with E-state index in [2.05, 4.69) is 0 Å². The quantitative estimate of drug-likeness (QED) is 0.636. The molecule has 0 saturated carbocycles. The number of rotatable bonds is 7. The lowest BCUT2D eigenvalue weighted by atomic mass is 10.1. The lowest BCUT2D eigenvalue weighted by Gasteiger charge is -2.29. The maximum Gasteiger partial charge on any atom is 0.306 e. The highest BCUT2D eigenvalue weighted by atomic mass is 35.5. The number of hydrogen-bond donors (Lipinski definition) is 0. The number of amides is 1. The molecule has 0 bridgehead atoms.